The van der Waals surface area contributed by atoms with Crippen LogP contribution in [0.2, 0.25) is 0 Å². The summed E-state index contributed by atoms with van der Waals surface area (Å²) in [5, 5.41) is 7.15. The Bertz CT molecular complexity index is 853. The summed E-state index contributed by atoms with van der Waals surface area (Å²) in [6, 6.07) is 5.87. The maximum absolute atomic E-state index is 12.4. The number of carbonyl (C=O) groups excluding carboxylic acids is 1. The van der Waals surface area contributed by atoms with E-state index in [4.69, 9.17) is 0 Å². The Morgan fingerprint density at radius 2 is 1.89 bits per heavy atom. The second-order valence-electron chi connectivity index (χ2n) is 6.55. The third kappa shape index (κ3) is 4.13. The molecule has 0 aliphatic carbocycles. The number of nitrogens with one attached hydrogen (secondary N) is 1. The van der Waals surface area contributed by atoms with E-state index >= 15 is 0 Å². The van der Waals surface area contributed by atoms with Crippen molar-refractivity contribution in [2.75, 3.05) is 24.5 Å². The van der Waals surface area contributed by atoms with Crippen molar-refractivity contribution < 1.29 is 4.79 Å². The zero-order valence-corrected chi connectivity index (χ0v) is 15.0. The second-order valence-corrected chi connectivity index (χ2v) is 6.55. The summed E-state index contributed by atoms with van der Waals surface area (Å²) in [7, 11) is 0. The topological polar surface area (TPSA) is 93.8 Å². The van der Waals surface area contributed by atoms with E-state index in [2.05, 4.69) is 34.8 Å². The lowest BCUT2D eigenvalue weighted by atomic mass is 9.96. The first kappa shape index (κ1) is 17.2. The van der Waals surface area contributed by atoms with Gasteiger partial charge in [-0.15, -0.1) is 0 Å². The highest BCUT2D eigenvalue weighted by molar-refractivity contribution is 5.78. The van der Waals surface area contributed by atoms with Crippen molar-refractivity contribution in [1.29, 1.82) is 0 Å². The van der Waals surface area contributed by atoms with Crippen LogP contribution >= 0.6 is 0 Å². The van der Waals surface area contributed by atoms with E-state index in [-0.39, 0.29) is 11.8 Å². The summed E-state index contributed by atoms with van der Waals surface area (Å²) in [6.07, 6.45) is 10.3. The molecule has 0 unspecified atom stereocenters. The molecular formula is C18H22N8O. The number of aromatic nitrogens is 6. The SMILES string of the molecule is O=C(NCCn1cccc1)C1CCN(c2cc(-n3cncn3)ncn2)CC1. The highest BCUT2D eigenvalue weighted by atomic mass is 16.1. The normalized spacial score (nSPS) is 15.0. The van der Waals surface area contributed by atoms with E-state index in [1.165, 1.54) is 12.7 Å². The molecule has 0 saturated carbocycles. The molecule has 1 saturated heterocycles. The number of carbonyl (C=O) groups is 1. The van der Waals surface area contributed by atoms with Gasteiger partial charge < -0.3 is 14.8 Å². The minimum atomic E-state index is 0.0579. The number of rotatable bonds is 6. The Kier molecular flexibility index (Phi) is 5.08. The molecule has 9 heteroatoms. The molecule has 3 aromatic rings. The van der Waals surface area contributed by atoms with Gasteiger partial charge in [-0.05, 0) is 25.0 Å². The van der Waals surface area contributed by atoms with E-state index in [0.717, 1.165) is 38.3 Å². The predicted octanol–water partition coefficient (Wildman–Crippen LogP) is 0.892. The van der Waals surface area contributed by atoms with E-state index < -0.39 is 0 Å². The summed E-state index contributed by atoms with van der Waals surface area (Å²) < 4.78 is 3.67. The van der Waals surface area contributed by atoms with Crippen LogP contribution in [0.5, 0.6) is 0 Å². The first-order chi connectivity index (χ1) is 13.3. The lowest BCUT2D eigenvalue weighted by molar-refractivity contribution is -0.125. The van der Waals surface area contributed by atoms with Gasteiger partial charge in [0.15, 0.2) is 5.82 Å². The van der Waals surface area contributed by atoms with Gasteiger partial charge in [-0.1, -0.05) is 0 Å². The second kappa shape index (κ2) is 7.98. The van der Waals surface area contributed by atoms with E-state index in [1.807, 2.05) is 30.6 Å². The number of piperidine rings is 1. The van der Waals surface area contributed by atoms with Gasteiger partial charge in [-0.25, -0.2) is 19.6 Å². The monoisotopic (exact) mass is 366 g/mol. The van der Waals surface area contributed by atoms with Crippen molar-refractivity contribution >= 4 is 11.7 Å². The smallest absolute Gasteiger partial charge is 0.223 e. The molecule has 1 N–H and O–H groups in total. The molecule has 0 aromatic carbocycles. The third-order valence-electron chi connectivity index (χ3n) is 4.82. The maximum atomic E-state index is 12.4. The van der Waals surface area contributed by atoms with Crippen LogP contribution in [0.3, 0.4) is 0 Å². The van der Waals surface area contributed by atoms with Gasteiger partial charge in [0.2, 0.25) is 5.91 Å². The fourth-order valence-electron chi connectivity index (χ4n) is 3.30. The number of anilines is 1. The Hall–Kier alpha value is -3.23. The Balaban J connectivity index is 1.28. The molecule has 0 bridgehead atoms. The Morgan fingerprint density at radius 3 is 2.63 bits per heavy atom. The van der Waals surface area contributed by atoms with E-state index in [9.17, 15) is 4.79 Å². The molecule has 0 atom stereocenters. The highest BCUT2D eigenvalue weighted by Crippen LogP contribution is 2.22. The standard InChI is InChI=1S/C18H22N8O/c27-18(20-5-10-24-6-1-2-7-24)15-3-8-25(9-4-15)16-11-17(22-13-21-16)26-14-19-12-23-26/h1-2,6-7,11-15H,3-5,8-10H2,(H,20,27). The average Bonchev–Trinajstić information content (AvgIpc) is 3.42. The van der Waals surface area contributed by atoms with Gasteiger partial charge in [0, 0.05) is 50.6 Å². The summed E-state index contributed by atoms with van der Waals surface area (Å²) in [4.78, 5) is 27.1. The van der Waals surface area contributed by atoms with E-state index in [1.54, 1.807) is 11.0 Å². The maximum Gasteiger partial charge on any atom is 0.223 e. The minimum absolute atomic E-state index is 0.0579. The fourth-order valence-corrected chi connectivity index (χ4v) is 3.30. The largest absolute Gasteiger partial charge is 0.356 e. The molecule has 4 heterocycles. The van der Waals surface area contributed by atoms with Crippen LogP contribution in [-0.4, -0.2) is 54.8 Å². The van der Waals surface area contributed by atoms with Crippen LogP contribution in [0.4, 0.5) is 5.82 Å². The first-order valence-electron chi connectivity index (χ1n) is 9.10. The van der Waals surface area contributed by atoms with Gasteiger partial charge in [-0.2, -0.15) is 5.10 Å². The number of hydrogen-bond donors (Lipinski definition) is 1. The molecule has 1 amide bonds. The Labute approximate surface area is 157 Å². The van der Waals surface area contributed by atoms with Crippen molar-refractivity contribution in [2.24, 2.45) is 5.92 Å². The fraction of sp³-hybridized carbons (Fsp3) is 0.389. The molecule has 1 fully saturated rings. The average molecular weight is 366 g/mol. The van der Waals surface area contributed by atoms with Crippen molar-refractivity contribution in [2.45, 2.75) is 19.4 Å². The minimum Gasteiger partial charge on any atom is -0.356 e. The Morgan fingerprint density at radius 1 is 1.11 bits per heavy atom. The van der Waals surface area contributed by atoms with Gasteiger partial charge in [-0.3, -0.25) is 4.79 Å². The van der Waals surface area contributed by atoms with Crippen LogP contribution in [-0.2, 0) is 11.3 Å². The molecule has 27 heavy (non-hydrogen) atoms. The van der Waals surface area contributed by atoms with Crippen molar-refractivity contribution in [3.8, 4) is 5.82 Å². The lowest BCUT2D eigenvalue weighted by Crippen LogP contribution is -2.41. The molecule has 4 rings (SSSR count). The van der Waals surface area contributed by atoms with Gasteiger partial charge >= 0.3 is 0 Å². The van der Waals surface area contributed by atoms with Crippen molar-refractivity contribution in [1.82, 2.24) is 34.6 Å². The van der Waals surface area contributed by atoms with E-state index in [0.29, 0.717) is 12.4 Å². The number of nitrogens with zero attached hydrogens (tertiary/aromatic N) is 7. The van der Waals surface area contributed by atoms with Gasteiger partial charge in [0.1, 0.15) is 24.8 Å². The summed E-state index contributed by atoms with van der Waals surface area (Å²) in [6.45, 7) is 3.04. The molecule has 0 radical (unpaired) electrons. The number of amides is 1. The van der Waals surface area contributed by atoms with Gasteiger partial charge in [0.25, 0.3) is 0 Å². The van der Waals surface area contributed by atoms with Crippen molar-refractivity contribution in [3.63, 3.8) is 0 Å². The third-order valence-corrected chi connectivity index (χ3v) is 4.82. The summed E-state index contributed by atoms with van der Waals surface area (Å²) in [5.41, 5.74) is 0. The zero-order chi connectivity index (χ0) is 18.5. The van der Waals surface area contributed by atoms with Gasteiger partial charge in [0.05, 0.1) is 0 Å². The molecule has 1 aliphatic heterocycles. The molecule has 0 spiro atoms. The van der Waals surface area contributed by atoms with Crippen LogP contribution in [0, 0.1) is 5.92 Å². The summed E-state index contributed by atoms with van der Waals surface area (Å²) >= 11 is 0. The van der Waals surface area contributed by atoms with Crippen molar-refractivity contribution in [3.05, 3.63) is 49.6 Å². The first-order valence-corrected chi connectivity index (χ1v) is 9.10. The molecule has 140 valence electrons. The summed E-state index contributed by atoms with van der Waals surface area (Å²) in [5.74, 6) is 1.74. The quantitative estimate of drug-likeness (QED) is 0.696. The highest BCUT2D eigenvalue weighted by Gasteiger charge is 2.25. The number of hydrogen-bond acceptors (Lipinski definition) is 6. The predicted molar refractivity (Wildman–Crippen MR) is 99.3 cm³/mol. The van der Waals surface area contributed by atoms with Crippen LogP contribution in [0.25, 0.3) is 5.82 Å². The molecule has 3 aromatic heterocycles. The van der Waals surface area contributed by atoms with Crippen LogP contribution < -0.4 is 10.2 Å². The van der Waals surface area contributed by atoms with Crippen LogP contribution in [0.15, 0.2) is 49.6 Å². The molecule has 9 nitrogen and oxygen atoms in total. The van der Waals surface area contributed by atoms with Crippen LogP contribution in [0.1, 0.15) is 12.8 Å². The lowest BCUT2D eigenvalue weighted by Gasteiger charge is -2.32. The zero-order valence-electron chi connectivity index (χ0n) is 15.0. The molecular weight excluding hydrogens is 344 g/mol. The molecule has 1 aliphatic rings.